The van der Waals surface area contributed by atoms with E-state index in [1.807, 2.05) is 26.8 Å². The molecule has 142 valence electrons. The van der Waals surface area contributed by atoms with Crippen LogP contribution in [0.25, 0.3) is 11.0 Å². The minimum atomic E-state index is -0.467. The van der Waals surface area contributed by atoms with E-state index in [4.69, 9.17) is 9.72 Å². The molecule has 6 nitrogen and oxygen atoms in total. The van der Waals surface area contributed by atoms with E-state index in [1.165, 1.54) is 0 Å². The van der Waals surface area contributed by atoms with Crippen LogP contribution >= 0.6 is 31.9 Å². The molecule has 0 spiro atoms. The number of amides is 1. The van der Waals surface area contributed by atoms with Crippen LogP contribution in [0.5, 0.6) is 0 Å². The molecule has 0 saturated carbocycles. The molecular weight excluding hydrogens is 464 g/mol. The summed E-state index contributed by atoms with van der Waals surface area (Å²) < 4.78 is 9.70. The van der Waals surface area contributed by atoms with Crippen LogP contribution in [-0.2, 0) is 11.3 Å². The Kier molecular flexibility index (Phi) is 5.53. The lowest BCUT2D eigenvalue weighted by Crippen LogP contribution is -2.50. The Hall–Kier alpha value is -1.28. The number of aryl methyl sites for hydroxylation is 1. The predicted molar refractivity (Wildman–Crippen MR) is 111 cm³/mol. The van der Waals surface area contributed by atoms with Crippen LogP contribution in [0, 0.1) is 0 Å². The maximum Gasteiger partial charge on any atom is 0.410 e. The van der Waals surface area contributed by atoms with Gasteiger partial charge in [-0.25, -0.2) is 9.78 Å². The van der Waals surface area contributed by atoms with Crippen molar-refractivity contribution in [1.82, 2.24) is 14.5 Å². The highest BCUT2D eigenvalue weighted by Gasteiger charge is 2.28. The van der Waals surface area contributed by atoms with Crippen LogP contribution in [0.15, 0.2) is 21.1 Å². The SMILES string of the molecule is CCn1c(N2CCN(C(=O)OC(C)(C)C)CC2)nc2cc(Br)c(Br)cc21. The van der Waals surface area contributed by atoms with E-state index >= 15 is 0 Å². The van der Waals surface area contributed by atoms with Gasteiger partial charge in [0.1, 0.15) is 5.60 Å². The molecule has 0 bridgehead atoms. The summed E-state index contributed by atoms with van der Waals surface area (Å²) in [6.07, 6.45) is -0.242. The van der Waals surface area contributed by atoms with Gasteiger partial charge in [0.05, 0.1) is 11.0 Å². The van der Waals surface area contributed by atoms with Gasteiger partial charge in [-0.3, -0.25) is 0 Å². The zero-order valence-corrected chi connectivity index (χ0v) is 18.7. The van der Waals surface area contributed by atoms with Gasteiger partial charge in [-0.15, -0.1) is 0 Å². The average Bonchev–Trinajstić information content (AvgIpc) is 2.91. The van der Waals surface area contributed by atoms with Crippen LogP contribution in [-0.4, -0.2) is 52.3 Å². The number of carbonyl (C=O) groups is 1. The van der Waals surface area contributed by atoms with Crippen molar-refractivity contribution < 1.29 is 9.53 Å². The molecule has 1 aliphatic heterocycles. The summed E-state index contributed by atoms with van der Waals surface area (Å²) in [6.45, 7) is 11.4. The maximum atomic E-state index is 12.2. The number of fused-ring (bicyclic) bond motifs is 1. The Morgan fingerprint density at radius 2 is 1.77 bits per heavy atom. The van der Waals surface area contributed by atoms with Gasteiger partial charge in [-0.05, 0) is 71.7 Å². The Morgan fingerprint density at radius 1 is 1.15 bits per heavy atom. The molecule has 0 aliphatic carbocycles. The number of rotatable bonds is 2. The van der Waals surface area contributed by atoms with Crippen molar-refractivity contribution in [3.63, 3.8) is 0 Å². The molecule has 1 saturated heterocycles. The molecule has 1 aromatic carbocycles. The average molecular weight is 488 g/mol. The first-order valence-electron chi connectivity index (χ1n) is 8.77. The third-order valence-electron chi connectivity index (χ3n) is 4.30. The predicted octanol–water partition coefficient (Wildman–Crippen LogP) is 4.64. The molecule has 2 aromatic rings. The molecule has 1 aromatic heterocycles. The first-order chi connectivity index (χ1) is 12.2. The van der Waals surface area contributed by atoms with Crippen molar-refractivity contribution >= 4 is 54.9 Å². The van der Waals surface area contributed by atoms with Gasteiger partial charge >= 0.3 is 6.09 Å². The topological polar surface area (TPSA) is 50.6 Å². The maximum absolute atomic E-state index is 12.2. The second-order valence-electron chi connectivity index (χ2n) is 7.37. The molecule has 0 atom stereocenters. The molecule has 1 amide bonds. The number of imidazole rings is 1. The Morgan fingerprint density at radius 3 is 2.35 bits per heavy atom. The van der Waals surface area contributed by atoms with Crippen LogP contribution in [0.3, 0.4) is 0 Å². The number of halogens is 2. The second-order valence-corrected chi connectivity index (χ2v) is 9.07. The zero-order valence-electron chi connectivity index (χ0n) is 15.6. The second kappa shape index (κ2) is 7.38. The van der Waals surface area contributed by atoms with Crippen molar-refractivity contribution in [2.24, 2.45) is 0 Å². The third kappa shape index (κ3) is 4.01. The molecule has 26 heavy (non-hydrogen) atoms. The number of hydrogen-bond acceptors (Lipinski definition) is 4. The summed E-state index contributed by atoms with van der Waals surface area (Å²) in [6, 6.07) is 4.13. The molecule has 1 aliphatic rings. The van der Waals surface area contributed by atoms with Crippen molar-refractivity contribution in [2.45, 2.75) is 39.8 Å². The van der Waals surface area contributed by atoms with Gasteiger partial charge in [0.2, 0.25) is 5.95 Å². The first-order valence-corrected chi connectivity index (χ1v) is 10.4. The van der Waals surface area contributed by atoms with E-state index in [2.05, 4.69) is 54.3 Å². The van der Waals surface area contributed by atoms with Crippen molar-refractivity contribution in [3.05, 3.63) is 21.1 Å². The lowest BCUT2D eigenvalue weighted by molar-refractivity contribution is 0.0240. The number of hydrogen-bond donors (Lipinski definition) is 0. The van der Waals surface area contributed by atoms with Crippen molar-refractivity contribution in [1.29, 1.82) is 0 Å². The normalized spacial score (nSPS) is 15.6. The molecule has 3 rings (SSSR count). The highest BCUT2D eigenvalue weighted by Crippen LogP contribution is 2.31. The molecule has 1 fully saturated rings. The monoisotopic (exact) mass is 486 g/mol. The summed E-state index contributed by atoms with van der Waals surface area (Å²) in [5.41, 5.74) is 1.60. The van der Waals surface area contributed by atoms with Crippen LogP contribution < -0.4 is 4.90 Å². The molecule has 8 heteroatoms. The number of carbonyl (C=O) groups excluding carboxylic acids is 1. The van der Waals surface area contributed by atoms with Gasteiger partial charge < -0.3 is 19.1 Å². The fraction of sp³-hybridized carbons (Fsp3) is 0.556. The molecule has 2 heterocycles. The minimum absolute atomic E-state index is 0.242. The number of piperazine rings is 1. The minimum Gasteiger partial charge on any atom is -0.444 e. The smallest absolute Gasteiger partial charge is 0.410 e. The highest BCUT2D eigenvalue weighted by atomic mass is 79.9. The summed E-state index contributed by atoms with van der Waals surface area (Å²) in [7, 11) is 0. The number of aromatic nitrogens is 2. The summed E-state index contributed by atoms with van der Waals surface area (Å²) in [5, 5.41) is 0. The number of nitrogens with zero attached hydrogens (tertiary/aromatic N) is 4. The molecule has 0 unspecified atom stereocenters. The van der Waals surface area contributed by atoms with E-state index < -0.39 is 5.60 Å². The summed E-state index contributed by atoms with van der Waals surface area (Å²) in [5.74, 6) is 0.955. The largest absolute Gasteiger partial charge is 0.444 e. The van der Waals surface area contributed by atoms with Gasteiger partial charge in [0.25, 0.3) is 0 Å². The van der Waals surface area contributed by atoms with E-state index in [9.17, 15) is 4.79 Å². The first kappa shape index (κ1) is 19.5. The molecular formula is C18H24Br2N4O2. The van der Waals surface area contributed by atoms with Crippen molar-refractivity contribution in [3.8, 4) is 0 Å². The lowest BCUT2D eigenvalue weighted by Gasteiger charge is -2.36. The van der Waals surface area contributed by atoms with Gasteiger partial charge in [0, 0.05) is 41.7 Å². The highest BCUT2D eigenvalue weighted by molar-refractivity contribution is 9.13. The molecule has 0 N–H and O–H groups in total. The van der Waals surface area contributed by atoms with E-state index in [0.717, 1.165) is 45.6 Å². The van der Waals surface area contributed by atoms with Gasteiger partial charge in [-0.2, -0.15) is 0 Å². The molecule has 0 radical (unpaired) electrons. The van der Waals surface area contributed by atoms with Crippen molar-refractivity contribution in [2.75, 3.05) is 31.1 Å². The van der Waals surface area contributed by atoms with E-state index in [1.54, 1.807) is 4.90 Å². The van der Waals surface area contributed by atoms with Crippen LogP contribution in [0.1, 0.15) is 27.7 Å². The fourth-order valence-corrected chi connectivity index (χ4v) is 3.74. The Labute approximate surface area is 170 Å². The fourth-order valence-electron chi connectivity index (χ4n) is 3.08. The number of ether oxygens (including phenoxy) is 1. The van der Waals surface area contributed by atoms with Crippen LogP contribution in [0.2, 0.25) is 0 Å². The Balaban J connectivity index is 1.78. The third-order valence-corrected chi connectivity index (χ3v) is 6.14. The van der Waals surface area contributed by atoms with E-state index in [0.29, 0.717) is 13.1 Å². The van der Waals surface area contributed by atoms with Crippen LogP contribution in [0.4, 0.5) is 10.7 Å². The summed E-state index contributed by atoms with van der Waals surface area (Å²) >= 11 is 7.12. The number of benzene rings is 1. The van der Waals surface area contributed by atoms with Gasteiger partial charge in [-0.1, -0.05) is 0 Å². The summed E-state index contributed by atoms with van der Waals surface area (Å²) in [4.78, 5) is 21.1. The standard InChI is InChI=1S/C18H24Br2N4O2/c1-5-24-15-11-13(20)12(19)10-14(15)21-16(24)22-6-8-23(9-7-22)17(25)26-18(2,3)4/h10-11H,5-9H2,1-4H3. The quantitative estimate of drug-likeness (QED) is 0.619. The Bertz CT molecular complexity index is 821. The lowest BCUT2D eigenvalue weighted by atomic mass is 10.2. The van der Waals surface area contributed by atoms with Gasteiger partial charge in [0.15, 0.2) is 0 Å². The zero-order chi connectivity index (χ0) is 19.1. The number of anilines is 1. The van der Waals surface area contributed by atoms with E-state index in [-0.39, 0.29) is 6.09 Å².